The number of nitrogens with zero attached hydrogens (tertiary/aromatic N) is 3. The number of hydrazone groups is 1. The van der Waals surface area contributed by atoms with Gasteiger partial charge in [0.1, 0.15) is 5.75 Å². The first-order valence-electron chi connectivity index (χ1n) is 10.9. The number of aryl methyl sites for hydroxylation is 1. The van der Waals surface area contributed by atoms with E-state index in [4.69, 9.17) is 9.84 Å². The summed E-state index contributed by atoms with van der Waals surface area (Å²) >= 11 is 0. The van der Waals surface area contributed by atoms with Crippen molar-refractivity contribution < 1.29 is 9.53 Å². The molecular weight excluding hydrogens is 398 g/mol. The second-order valence-corrected chi connectivity index (χ2v) is 8.31. The van der Waals surface area contributed by atoms with Crippen LogP contribution < -0.4 is 4.74 Å². The van der Waals surface area contributed by atoms with Crippen molar-refractivity contribution >= 4 is 11.6 Å². The number of ether oxygens (including phenoxy) is 1. The number of methoxy groups -OCH3 is 1. The smallest absolute Gasteiger partial charge is 0.257 e. The molecule has 1 heterocycles. The number of carbonyl (C=O) groups excluding carboxylic acids is 1. The highest BCUT2D eigenvalue weighted by atomic mass is 16.5. The van der Waals surface area contributed by atoms with Gasteiger partial charge in [-0.25, -0.2) is 5.01 Å². The third kappa shape index (κ3) is 5.06. The molecule has 0 saturated heterocycles. The Morgan fingerprint density at radius 2 is 1.84 bits per heavy atom. The van der Waals surface area contributed by atoms with Crippen molar-refractivity contribution in [1.82, 2.24) is 9.91 Å². The van der Waals surface area contributed by atoms with Crippen LogP contribution in [-0.4, -0.2) is 42.2 Å². The number of benzene rings is 3. The van der Waals surface area contributed by atoms with E-state index in [2.05, 4.69) is 37.3 Å². The molecule has 0 unspecified atom stereocenters. The van der Waals surface area contributed by atoms with Gasteiger partial charge >= 0.3 is 0 Å². The van der Waals surface area contributed by atoms with Crippen LogP contribution >= 0.6 is 0 Å². The van der Waals surface area contributed by atoms with E-state index in [0.29, 0.717) is 19.5 Å². The van der Waals surface area contributed by atoms with Gasteiger partial charge in [-0.05, 0) is 42.8 Å². The molecule has 5 heteroatoms. The topological polar surface area (TPSA) is 45.1 Å². The molecule has 164 valence electrons. The van der Waals surface area contributed by atoms with E-state index in [-0.39, 0.29) is 11.9 Å². The summed E-state index contributed by atoms with van der Waals surface area (Å²) in [6, 6.07) is 26.2. The van der Waals surface area contributed by atoms with Gasteiger partial charge < -0.3 is 4.74 Å². The van der Waals surface area contributed by atoms with Crippen molar-refractivity contribution in [2.24, 2.45) is 5.10 Å². The Hall–Kier alpha value is -3.44. The van der Waals surface area contributed by atoms with Gasteiger partial charge in [0, 0.05) is 13.0 Å². The number of carbonyl (C=O) groups is 1. The Bertz CT molecular complexity index is 1110. The van der Waals surface area contributed by atoms with Crippen LogP contribution in [0.4, 0.5) is 0 Å². The number of hydrogen-bond acceptors (Lipinski definition) is 4. The van der Waals surface area contributed by atoms with Crippen molar-refractivity contribution in [1.29, 1.82) is 0 Å². The van der Waals surface area contributed by atoms with Crippen LogP contribution in [0.1, 0.15) is 34.7 Å². The molecule has 3 aromatic rings. The summed E-state index contributed by atoms with van der Waals surface area (Å²) in [6.45, 7) is 3.07. The molecule has 0 N–H and O–H groups in total. The third-order valence-electron chi connectivity index (χ3n) is 5.70. The predicted molar refractivity (Wildman–Crippen MR) is 128 cm³/mol. The summed E-state index contributed by atoms with van der Waals surface area (Å²) in [7, 11) is 3.62. The lowest BCUT2D eigenvalue weighted by Gasteiger charge is -2.25. The molecule has 4 rings (SSSR count). The number of likely N-dealkylation sites (N-methyl/N-ethyl adjacent to an activating group) is 1. The van der Waals surface area contributed by atoms with E-state index in [1.807, 2.05) is 60.5 Å². The minimum atomic E-state index is -0.154. The molecule has 0 aromatic heterocycles. The number of rotatable bonds is 7. The second-order valence-electron chi connectivity index (χ2n) is 8.31. The van der Waals surface area contributed by atoms with Crippen LogP contribution in [0.15, 0.2) is 84.0 Å². The number of hydrogen-bond donors (Lipinski definition) is 0. The Morgan fingerprint density at radius 1 is 1.06 bits per heavy atom. The fourth-order valence-electron chi connectivity index (χ4n) is 4.10. The highest BCUT2D eigenvalue weighted by molar-refractivity contribution is 6.03. The van der Waals surface area contributed by atoms with Gasteiger partial charge in [0.2, 0.25) is 0 Å². The van der Waals surface area contributed by atoms with Crippen LogP contribution in [-0.2, 0) is 11.3 Å². The van der Waals surface area contributed by atoms with Crippen LogP contribution in [0.5, 0.6) is 5.75 Å². The summed E-state index contributed by atoms with van der Waals surface area (Å²) in [5, 5.41) is 6.47. The van der Waals surface area contributed by atoms with E-state index < -0.39 is 0 Å². The highest BCUT2D eigenvalue weighted by Crippen LogP contribution is 2.34. The summed E-state index contributed by atoms with van der Waals surface area (Å²) < 4.78 is 5.42. The van der Waals surface area contributed by atoms with Crippen LogP contribution in [0.25, 0.3) is 0 Å². The fourth-order valence-corrected chi connectivity index (χ4v) is 4.10. The zero-order valence-corrected chi connectivity index (χ0v) is 18.9. The molecule has 0 saturated carbocycles. The van der Waals surface area contributed by atoms with Gasteiger partial charge in [-0.2, -0.15) is 5.10 Å². The van der Waals surface area contributed by atoms with Gasteiger partial charge in [0.05, 0.1) is 25.4 Å². The number of amides is 1. The van der Waals surface area contributed by atoms with E-state index in [0.717, 1.165) is 22.6 Å². The molecule has 0 fully saturated rings. The van der Waals surface area contributed by atoms with E-state index >= 15 is 0 Å². The zero-order valence-electron chi connectivity index (χ0n) is 18.9. The van der Waals surface area contributed by atoms with Crippen LogP contribution in [0.3, 0.4) is 0 Å². The fraction of sp³-hybridized carbons (Fsp3) is 0.259. The van der Waals surface area contributed by atoms with Crippen molar-refractivity contribution in [3.05, 3.63) is 101 Å². The molecule has 0 spiro atoms. The van der Waals surface area contributed by atoms with Crippen molar-refractivity contribution in [3.8, 4) is 5.75 Å². The third-order valence-corrected chi connectivity index (χ3v) is 5.70. The SMILES string of the molecule is COc1cccc([C@@H]2CC(c3cccc(C)c3)=NN2C(=O)CN(C)Cc2ccccc2)c1. The molecule has 3 aromatic carbocycles. The lowest BCUT2D eigenvalue weighted by atomic mass is 9.97. The zero-order chi connectivity index (χ0) is 22.5. The Balaban J connectivity index is 1.58. The maximum absolute atomic E-state index is 13.4. The van der Waals surface area contributed by atoms with E-state index in [1.165, 1.54) is 11.1 Å². The minimum absolute atomic E-state index is 0.0149. The van der Waals surface area contributed by atoms with Crippen LogP contribution in [0, 0.1) is 6.92 Å². The molecule has 1 amide bonds. The molecule has 5 nitrogen and oxygen atoms in total. The van der Waals surface area contributed by atoms with Gasteiger partial charge in [-0.1, -0.05) is 72.3 Å². The molecular formula is C27H29N3O2. The largest absolute Gasteiger partial charge is 0.497 e. The summed E-state index contributed by atoms with van der Waals surface area (Å²) in [4.78, 5) is 15.4. The maximum Gasteiger partial charge on any atom is 0.257 e. The van der Waals surface area contributed by atoms with Gasteiger partial charge in [-0.15, -0.1) is 0 Å². The Kier molecular flexibility index (Phi) is 6.66. The second kappa shape index (κ2) is 9.79. The summed E-state index contributed by atoms with van der Waals surface area (Å²) in [5.41, 5.74) is 5.37. The predicted octanol–water partition coefficient (Wildman–Crippen LogP) is 4.81. The molecule has 1 aliphatic heterocycles. The van der Waals surface area contributed by atoms with E-state index in [9.17, 15) is 4.79 Å². The molecule has 32 heavy (non-hydrogen) atoms. The molecule has 0 bridgehead atoms. The lowest BCUT2D eigenvalue weighted by molar-refractivity contribution is -0.134. The quantitative estimate of drug-likeness (QED) is 0.543. The van der Waals surface area contributed by atoms with Crippen molar-refractivity contribution in [3.63, 3.8) is 0 Å². The lowest BCUT2D eigenvalue weighted by Crippen LogP contribution is -2.36. The monoisotopic (exact) mass is 427 g/mol. The Morgan fingerprint density at radius 3 is 2.59 bits per heavy atom. The summed E-state index contributed by atoms with van der Waals surface area (Å²) in [6.07, 6.45) is 0.671. The normalized spacial score (nSPS) is 15.7. The van der Waals surface area contributed by atoms with Crippen LogP contribution in [0.2, 0.25) is 0 Å². The molecule has 1 aliphatic rings. The first-order chi connectivity index (χ1) is 15.5. The van der Waals surface area contributed by atoms with Gasteiger partial charge in [0.15, 0.2) is 0 Å². The molecule has 1 atom stereocenters. The first-order valence-corrected chi connectivity index (χ1v) is 10.9. The van der Waals surface area contributed by atoms with Gasteiger partial charge in [-0.3, -0.25) is 9.69 Å². The standard InChI is InChI=1S/C27H29N3O2/c1-20-9-7-12-22(15-20)25-17-26(23-13-8-14-24(16-23)32-3)30(28-25)27(31)19-29(2)18-21-10-5-4-6-11-21/h4-16,26H,17-19H2,1-3H3/t26-/m0/s1. The average Bonchev–Trinajstić information content (AvgIpc) is 3.25. The van der Waals surface area contributed by atoms with Gasteiger partial charge in [0.25, 0.3) is 5.91 Å². The van der Waals surface area contributed by atoms with E-state index in [1.54, 1.807) is 12.1 Å². The van der Waals surface area contributed by atoms with Crippen molar-refractivity contribution in [2.75, 3.05) is 20.7 Å². The maximum atomic E-state index is 13.4. The summed E-state index contributed by atoms with van der Waals surface area (Å²) in [5.74, 6) is 0.763. The Labute approximate surface area is 189 Å². The van der Waals surface area contributed by atoms with Crippen molar-refractivity contribution in [2.45, 2.75) is 25.9 Å². The minimum Gasteiger partial charge on any atom is -0.497 e. The average molecular weight is 428 g/mol. The highest BCUT2D eigenvalue weighted by Gasteiger charge is 2.33. The molecule has 0 aliphatic carbocycles. The first kappa shape index (κ1) is 21.8. The molecule has 0 radical (unpaired) electrons.